The fourth-order valence-corrected chi connectivity index (χ4v) is 1.62. The van der Waals surface area contributed by atoms with Gasteiger partial charge in [-0.3, -0.25) is 4.79 Å². The molecule has 0 saturated heterocycles. The maximum atomic E-state index is 11.0. The lowest BCUT2D eigenvalue weighted by Crippen LogP contribution is -2.41. The first kappa shape index (κ1) is 9.68. The Morgan fingerprint density at radius 3 is 3.08 bits per heavy atom. The zero-order valence-corrected chi connectivity index (χ0v) is 7.55. The van der Waals surface area contributed by atoms with E-state index in [0.29, 0.717) is 18.2 Å². The summed E-state index contributed by atoms with van der Waals surface area (Å²) in [5.41, 5.74) is 0. The average molecular weight is 171 g/mol. The van der Waals surface area contributed by atoms with E-state index in [1.54, 1.807) is 0 Å². The summed E-state index contributed by atoms with van der Waals surface area (Å²) in [5.74, 6) is 0.351. The minimum atomic E-state index is 0.112. The molecule has 2 unspecified atom stereocenters. The predicted octanol–water partition coefficient (Wildman–Crippen LogP) is 0.468. The molecule has 0 spiro atoms. The topological polar surface area (TPSA) is 49.3 Å². The van der Waals surface area contributed by atoms with E-state index in [-0.39, 0.29) is 12.6 Å². The number of nitrogens with one attached hydrogen (secondary N) is 1. The van der Waals surface area contributed by atoms with Gasteiger partial charge in [0.1, 0.15) is 5.78 Å². The van der Waals surface area contributed by atoms with Gasteiger partial charge in [-0.05, 0) is 19.8 Å². The quantitative estimate of drug-likeness (QED) is 0.649. The van der Waals surface area contributed by atoms with Gasteiger partial charge < -0.3 is 10.4 Å². The smallest absolute Gasteiger partial charge is 0.134 e. The third-order valence-corrected chi connectivity index (χ3v) is 2.28. The molecule has 0 radical (unpaired) electrons. The lowest BCUT2D eigenvalue weighted by molar-refractivity contribution is -0.120. The maximum Gasteiger partial charge on any atom is 0.134 e. The van der Waals surface area contributed by atoms with Crippen molar-refractivity contribution in [3.63, 3.8) is 0 Å². The Balaban J connectivity index is 2.27. The monoisotopic (exact) mass is 171 g/mol. The highest BCUT2D eigenvalue weighted by Crippen LogP contribution is 2.14. The van der Waals surface area contributed by atoms with Gasteiger partial charge in [-0.15, -0.1) is 0 Å². The molecular formula is C9H17NO2. The lowest BCUT2D eigenvalue weighted by atomic mass is 9.94. The minimum absolute atomic E-state index is 0.112. The Morgan fingerprint density at radius 1 is 1.75 bits per heavy atom. The zero-order valence-electron chi connectivity index (χ0n) is 7.55. The van der Waals surface area contributed by atoms with Crippen LogP contribution in [-0.4, -0.2) is 29.6 Å². The first-order valence-electron chi connectivity index (χ1n) is 4.61. The molecule has 1 aliphatic carbocycles. The van der Waals surface area contributed by atoms with Crippen LogP contribution in [-0.2, 0) is 4.79 Å². The SMILES string of the molecule is CC(CO)NC1CCCC(=O)C1. The van der Waals surface area contributed by atoms with E-state index in [2.05, 4.69) is 5.32 Å². The minimum Gasteiger partial charge on any atom is -0.395 e. The van der Waals surface area contributed by atoms with Crippen molar-refractivity contribution in [2.75, 3.05) is 6.61 Å². The van der Waals surface area contributed by atoms with Crippen molar-refractivity contribution in [1.82, 2.24) is 5.32 Å². The lowest BCUT2D eigenvalue weighted by Gasteiger charge is -2.24. The van der Waals surface area contributed by atoms with Crippen molar-refractivity contribution in [3.05, 3.63) is 0 Å². The van der Waals surface area contributed by atoms with E-state index in [1.807, 2.05) is 6.92 Å². The second kappa shape index (κ2) is 4.58. The Bertz CT molecular complexity index is 159. The fourth-order valence-electron chi connectivity index (χ4n) is 1.62. The molecule has 0 heterocycles. The van der Waals surface area contributed by atoms with E-state index < -0.39 is 0 Å². The van der Waals surface area contributed by atoms with E-state index in [0.717, 1.165) is 19.3 Å². The van der Waals surface area contributed by atoms with Crippen molar-refractivity contribution in [2.45, 2.75) is 44.7 Å². The van der Waals surface area contributed by atoms with Gasteiger partial charge in [-0.2, -0.15) is 0 Å². The summed E-state index contributed by atoms with van der Waals surface area (Å²) in [6.07, 6.45) is 3.45. The van der Waals surface area contributed by atoms with Crippen LogP contribution in [0.25, 0.3) is 0 Å². The molecule has 1 saturated carbocycles. The highest BCUT2D eigenvalue weighted by molar-refractivity contribution is 5.79. The van der Waals surface area contributed by atoms with Crippen molar-refractivity contribution in [3.8, 4) is 0 Å². The molecule has 2 atom stereocenters. The van der Waals surface area contributed by atoms with Crippen LogP contribution >= 0.6 is 0 Å². The Morgan fingerprint density at radius 2 is 2.50 bits per heavy atom. The van der Waals surface area contributed by atoms with Gasteiger partial charge in [0, 0.05) is 24.9 Å². The van der Waals surface area contributed by atoms with Crippen LogP contribution < -0.4 is 5.32 Å². The van der Waals surface area contributed by atoms with Crippen LogP contribution in [0.5, 0.6) is 0 Å². The van der Waals surface area contributed by atoms with Gasteiger partial charge in [-0.25, -0.2) is 0 Å². The van der Waals surface area contributed by atoms with Gasteiger partial charge in [0.15, 0.2) is 0 Å². The molecule has 0 aromatic heterocycles. The molecule has 1 rings (SSSR count). The van der Waals surface area contributed by atoms with Gasteiger partial charge in [0.25, 0.3) is 0 Å². The molecule has 1 fully saturated rings. The molecule has 0 aromatic rings. The van der Waals surface area contributed by atoms with E-state index >= 15 is 0 Å². The Labute approximate surface area is 73.2 Å². The first-order valence-corrected chi connectivity index (χ1v) is 4.61. The molecule has 1 aliphatic rings. The standard InChI is InChI=1S/C9H17NO2/c1-7(6-11)10-8-3-2-4-9(12)5-8/h7-8,10-11H,2-6H2,1H3. The second-order valence-corrected chi connectivity index (χ2v) is 3.58. The average Bonchev–Trinajstić information content (AvgIpc) is 2.04. The van der Waals surface area contributed by atoms with Crippen LogP contribution in [0.2, 0.25) is 0 Å². The van der Waals surface area contributed by atoms with Crippen molar-refractivity contribution in [1.29, 1.82) is 0 Å². The molecule has 12 heavy (non-hydrogen) atoms. The van der Waals surface area contributed by atoms with Crippen molar-refractivity contribution < 1.29 is 9.90 Å². The number of rotatable bonds is 3. The number of aliphatic hydroxyl groups is 1. The molecule has 0 aromatic carbocycles. The zero-order chi connectivity index (χ0) is 8.97. The van der Waals surface area contributed by atoms with Crippen LogP contribution in [0.15, 0.2) is 0 Å². The van der Waals surface area contributed by atoms with Crippen molar-refractivity contribution in [2.24, 2.45) is 0 Å². The van der Waals surface area contributed by atoms with Crippen molar-refractivity contribution >= 4 is 5.78 Å². The van der Waals surface area contributed by atoms with E-state index in [1.165, 1.54) is 0 Å². The second-order valence-electron chi connectivity index (χ2n) is 3.58. The summed E-state index contributed by atoms with van der Waals surface area (Å²) in [6, 6.07) is 0.411. The summed E-state index contributed by atoms with van der Waals surface area (Å²) < 4.78 is 0. The molecule has 0 aliphatic heterocycles. The summed E-state index contributed by atoms with van der Waals surface area (Å²) >= 11 is 0. The molecular weight excluding hydrogens is 154 g/mol. The number of aliphatic hydroxyl groups excluding tert-OH is 1. The summed E-state index contributed by atoms with van der Waals surface area (Å²) in [5, 5.41) is 12.0. The number of carbonyl (C=O) groups is 1. The summed E-state index contributed by atoms with van der Waals surface area (Å²) in [6.45, 7) is 2.07. The highest BCUT2D eigenvalue weighted by Gasteiger charge is 2.19. The molecule has 3 nitrogen and oxygen atoms in total. The van der Waals surface area contributed by atoms with Gasteiger partial charge in [0.05, 0.1) is 6.61 Å². The number of ketones is 1. The van der Waals surface area contributed by atoms with Gasteiger partial charge in [-0.1, -0.05) is 0 Å². The Hall–Kier alpha value is -0.410. The number of hydrogen-bond acceptors (Lipinski definition) is 3. The van der Waals surface area contributed by atoms with Crippen LogP contribution in [0.4, 0.5) is 0 Å². The van der Waals surface area contributed by atoms with Crippen LogP contribution in [0.3, 0.4) is 0 Å². The summed E-state index contributed by atoms with van der Waals surface area (Å²) in [7, 11) is 0. The normalized spacial score (nSPS) is 27.2. The Kier molecular flexibility index (Phi) is 3.69. The third-order valence-electron chi connectivity index (χ3n) is 2.28. The fraction of sp³-hybridized carbons (Fsp3) is 0.889. The molecule has 70 valence electrons. The van der Waals surface area contributed by atoms with Gasteiger partial charge >= 0.3 is 0 Å². The number of Topliss-reactive ketones (excluding diaryl/α,β-unsaturated/α-hetero) is 1. The predicted molar refractivity (Wildman–Crippen MR) is 46.9 cm³/mol. The van der Waals surface area contributed by atoms with Gasteiger partial charge in [0.2, 0.25) is 0 Å². The largest absolute Gasteiger partial charge is 0.395 e. The molecule has 3 heteroatoms. The molecule has 0 bridgehead atoms. The third kappa shape index (κ3) is 2.91. The maximum absolute atomic E-state index is 11.0. The first-order chi connectivity index (χ1) is 5.72. The van der Waals surface area contributed by atoms with E-state index in [9.17, 15) is 4.79 Å². The van der Waals surface area contributed by atoms with Crippen LogP contribution in [0.1, 0.15) is 32.6 Å². The molecule has 0 amide bonds. The summed E-state index contributed by atoms with van der Waals surface area (Å²) in [4.78, 5) is 11.0. The number of hydrogen-bond donors (Lipinski definition) is 2. The molecule has 2 N–H and O–H groups in total. The van der Waals surface area contributed by atoms with E-state index in [4.69, 9.17) is 5.11 Å². The number of carbonyl (C=O) groups excluding carboxylic acids is 1. The van der Waals surface area contributed by atoms with Crippen LogP contribution in [0, 0.1) is 0 Å². The highest BCUT2D eigenvalue weighted by atomic mass is 16.3.